The summed E-state index contributed by atoms with van der Waals surface area (Å²) in [6.07, 6.45) is 4.77. The van der Waals surface area contributed by atoms with E-state index in [1.807, 2.05) is 6.92 Å². The van der Waals surface area contributed by atoms with E-state index >= 15 is 0 Å². The van der Waals surface area contributed by atoms with Gasteiger partial charge in [-0.15, -0.1) is 0 Å². The predicted molar refractivity (Wildman–Crippen MR) is 112 cm³/mol. The van der Waals surface area contributed by atoms with Gasteiger partial charge in [-0.05, 0) is 32.8 Å². The minimum Gasteiger partial charge on any atom is -0.490 e. The number of carbonyl (C=O) groups is 1. The fourth-order valence-corrected chi connectivity index (χ4v) is 3.35. The zero-order valence-electron chi connectivity index (χ0n) is 17.7. The van der Waals surface area contributed by atoms with Gasteiger partial charge in [-0.1, -0.05) is 25.0 Å². The van der Waals surface area contributed by atoms with Crippen molar-refractivity contribution in [1.29, 1.82) is 0 Å². The first-order valence-corrected chi connectivity index (χ1v) is 10.5. The van der Waals surface area contributed by atoms with Gasteiger partial charge in [-0.2, -0.15) is 8.78 Å². The average Bonchev–Trinajstić information content (AvgIpc) is 3.20. The van der Waals surface area contributed by atoms with E-state index in [1.54, 1.807) is 25.1 Å². The SMILES string of the molecule is CCNC(=NCc1cccc(OCC)c1OC(F)F)NCCC(=O)NC1CCCC1. The average molecular weight is 427 g/mol. The largest absolute Gasteiger partial charge is 0.490 e. The number of benzene rings is 1. The quantitative estimate of drug-likeness (QED) is 0.374. The summed E-state index contributed by atoms with van der Waals surface area (Å²) < 4.78 is 35.8. The number of guanidine groups is 1. The zero-order valence-corrected chi connectivity index (χ0v) is 17.7. The van der Waals surface area contributed by atoms with Crippen LogP contribution in [0.3, 0.4) is 0 Å². The lowest BCUT2D eigenvalue weighted by Crippen LogP contribution is -2.40. The van der Waals surface area contributed by atoms with Gasteiger partial charge < -0.3 is 25.4 Å². The second-order valence-corrected chi connectivity index (χ2v) is 6.98. The van der Waals surface area contributed by atoms with Crippen molar-refractivity contribution in [3.05, 3.63) is 23.8 Å². The molecule has 0 unspecified atom stereocenters. The Morgan fingerprint density at radius 2 is 2.00 bits per heavy atom. The molecule has 1 amide bonds. The van der Waals surface area contributed by atoms with Gasteiger partial charge in [0, 0.05) is 31.1 Å². The Hall–Kier alpha value is -2.58. The molecular weight excluding hydrogens is 394 g/mol. The molecule has 1 fully saturated rings. The summed E-state index contributed by atoms with van der Waals surface area (Å²) in [6, 6.07) is 5.26. The van der Waals surface area contributed by atoms with Crippen LogP contribution in [-0.2, 0) is 11.3 Å². The Labute approximate surface area is 176 Å². The maximum Gasteiger partial charge on any atom is 0.387 e. The highest BCUT2D eigenvalue weighted by Gasteiger charge is 2.17. The van der Waals surface area contributed by atoms with E-state index in [9.17, 15) is 13.6 Å². The highest BCUT2D eigenvalue weighted by molar-refractivity contribution is 5.81. The van der Waals surface area contributed by atoms with Crippen molar-refractivity contribution in [2.45, 2.75) is 65.1 Å². The standard InChI is InChI=1S/C21H32F2N4O3/c1-3-24-21(25-13-12-18(28)27-16-9-5-6-10-16)26-14-15-8-7-11-17(29-4-2)19(15)30-20(22)23/h7-8,11,16,20H,3-6,9-10,12-14H2,1-2H3,(H,27,28)(H2,24,25,26). The Kier molecular flexibility index (Phi) is 10.2. The number of carbonyl (C=O) groups excluding carboxylic acids is 1. The van der Waals surface area contributed by atoms with E-state index in [-0.39, 0.29) is 24.0 Å². The molecule has 0 radical (unpaired) electrons. The minimum absolute atomic E-state index is 0.00936. The molecule has 3 N–H and O–H groups in total. The number of nitrogens with one attached hydrogen (secondary N) is 3. The number of hydrogen-bond acceptors (Lipinski definition) is 4. The lowest BCUT2D eigenvalue weighted by atomic mass is 10.2. The summed E-state index contributed by atoms with van der Waals surface area (Å²) in [5, 5.41) is 9.24. The number of hydrogen-bond donors (Lipinski definition) is 3. The van der Waals surface area contributed by atoms with Crippen molar-refractivity contribution in [1.82, 2.24) is 16.0 Å². The van der Waals surface area contributed by atoms with Gasteiger partial charge in [0.1, 0.15) is 0 Å². The molecule has 0 aliphatic heterocycles. The zero-order chi connectivity index (χ0) is 21.8. The lowest BCUT2D eigenvalue weighted by Gasteiger charge is -2.16. The molecule has 0 saturated heterocycles. The van der Waals surface area contributed by atoms with Gasteiger partial charge in [-0.25, -0.2) is 4.99 Å². The van der Waals surface area contributed by atoms with Crippen molar-refractivity contribution < 1.29 is 23.0 Å². The Bertz CT molecular complexity index is 695. The van der Waals surface area contributed by atoms with Crippen LogP contribution in [0.4, 0.5) is 8.78 Å². The van der Waals surface area contributed by atoms with Crippen LogP contribution in [0.15, 0.2) is 23.2 Å². The van der Waals surface area contributed by atoms with Gasteiger partial charge in [0.2, 0.25) is 5.91 Å². The van der Waals surface area contributed by atoms with Gasteiger partial charge in [-0.3, -0.25) is 4.79 Å². The molecule has 1 aromatic carbocycles. The number of para-hydroxylation sites is 1. The highest BCUT2D eigenvalue weighted by Crippen LogP contribution is 2.33. The summed E-state index contributed by atoms with van der Waals surface area (Å²) in [6.45, 7) is 2.23. The number of amides is 1. The van der Waals surface area contributed by atoms with Crippen LogP contribution < -0.4 is 25.4 Å². The molecule has 0 aromatic heterocycles. The molecule has 0 atom stereocenters. The van der Waals surface area contributed by atoms with E-state index in [0.29, 0.717) is 43.7 Å². The van der Waals surface area contributed by atoms with Crippen LogP contribution in [0.5, 0.6) is 11.5 Å². The molecule has 1 aliphatic carbocycles. The Morgan fingerprint density at radius 3 is 2.67 bits per heavy atom. The summed E-state index contributed by atoms with van der Waals surface area (Å²) in [5.74, 6) is 0.759. The maximum absolute atomic E-state index is 12.9. The van der Waals surface area contributed by atoms with Crippen LogP contribution >= 0.6 is 0 Å². The van der Waals surface area contributed by atoms with Gasteiger partial charge in [0.05, 0.1) is 13.2 Å². The second kappa shape index (κ2) is 12.9. The number of rotatable bonds is 11. The van der Waals surface area contributed by atoms with E-state index in [1.165, 1.54) is 12.8 Å². The molecule has 2 rings (SSSR count). The van der Waals surface area contributed by atoms with Gasteiger partial charge in [0.15, 0.2) is 17.5 Å². The first-order valence-electron chi connectivity index (χ1n) is 10.5. The predicted octanol–water partition coefficient (Wildman–Crippen LogP) is 3.19. The monoisotopic (exact) mass is 426 g/mol. The van der Waals surface area contributed by atoms with Crippen molar-refractivity contribution in [3.63, 3.8) is 0 Å². The maximum atomic E-state index is 12.9. The minimum atomic E-state index is -2.96. The van der Waals surface area contributed by atoms with Crippen molar-refractivity contribution in [3.8, 4) is 11.5 Å². The summed E-state index contributed by atoms with van der Waals surface area (Å²) >= 11 is 0. The smallest absolute Gasteiger partial charge is 0.387 e. The molecule has 0 spiro atoms. The summed E-state index contributed by atoms with van der Waals surface area (Å²) in [4.78, 5) is 16.5. The highest BCUT2D eigenvalue weighted by atomic mass is 19.3. The van der Waals surface area contributed by atoms with Gasteiger partial charge in [0.25, 0.3) is 0 Å². The molecule has 1 aromatic rings. The Morgan fingerprint density at radius 1 is 1.23 bits per heavy atom. The second-order valence-electron chi connectivity index (χ2n) is 6.98. The number of aliphatic imine (C=N–C) groups is 1. The molecule has 1 saturated carbocycles. The first kappa shape index (κ1) is 23.7. The van der Waals surface area contributed by atoms with Crippen LogP contribution in [-0.4, -0.2) is 44.2 Å². The van der Waals surface area contributed by atoms with E-state index in [4.69, 9.17) is 4.74 Å². The first-order chi connectivity index (χ1) is 14.5. The van der Waals surface area contributed by atoms with Crippen molar-refractivity contribution in [2.75, 3.05) is 19.7 Å². The van der Waals surface area contributed by atoms with Crippen LogP contribution in [0.1, 0.15) is 51.5 Å². The fourth-order valence-electron chi connectivity index (χ4n) is 3.35. The molecule has 30 heavy (non-hydrogen) atoms. The van der Waals surface area contributed by atoms with Crippen molar-refractivity contribution >= 4 is 11.9 Å². The number of ether oxygens (including phenoxy) is 2. The van der Waals surface area contributed by atoms with Crippen LogP contribution in [0.2, 0.25) is 0 Å². The molecule has 168 valence electrons. The molecular formula is C21H32F2N4O3. The number of nitrogens with zero attached hydrogens (tertiary/aromatic N) is 1. The van der Waals surface area contributed by atoms with Crippen LogP contribution in [0, 0.1) is 0 Å². The molecule has 0 bridgehead atoms. The van der Waals surface area contributed by atoms with E-state index in [0.717, 1.165) is 12.8 Å². The third kappa shape index (κ3) is 8.04. The number of alkyl halides is 2. The fraction of sp³-hybridized carbons (Fsp3) is 0.619. The number of halogens is 2. The normalized spacial score (nSPS) is 14.6. The third-order valence-corrected chi connectivity index (χ3v) is 4.68. The van der Waals surface area contributed by atoms with Crippen LogP contribution in [0.25, 0.3) is 0 Å². The summed E-state index contributed by atoms with van der Waals surface area (Å²) in [7, 11) is 0. The molecule has 7 nitrogen and oxygen atoms in total. The van der Waals surface area contributed by atoms with E-state index in [2.05, 4.69) is 25.7 Å². The Balaban J connectivity index is 1.96. The molecule has 1 aliphatic rings. The third-order valence-electron chi connectivity index (χ3n) is 4.68. The lowest BCUT2D eigenvalue weighted by molar-refractivity contribution is -0.121. The summed E-state index contributed by atoms with van der Waals surface area (Å²) in [5.41, 5.74) is 0.484. The van der Waals surface area contributed by atoms with E-state index < -0.39 is 6.61 Å². The topological polar surface area (TPSA) is 84.0 Å². The van der Waals surface area contributed by atoms with Gasteiger partial charge >= 0.3 is 6.61 Å². The van der Waals surface area contributed by atoms with Crippen molar-refractivity contribution in [2.24, 2.45) is 4.99 Å². The molecule has 9 heteroatoms. The molecule has 0 heterocycles.